The van der Waals surface area contributed by atoms with E-state index in [1.165, 1.54) is 0 Å². The first kappa shape index (κ1) is 25.9. The summed E-state index contributed by atoms with van der Waals surface area (Å²) in [4.78, 5) is 28.4. The van der Waals surface area contributed by atoms with Gasteiger partial charge in [0, 0.05) is 18.7 Å². The van der Waals surface area contributed by atoms with Gasteiger partial charge in [0.1, 0.15) is 11.5 Å². The number of benzene rings is 3. The molecule has 2 amide bonds. The molecule has 8 heteroatoms. The van der Waals surface area contributed by atoms with Gasteiger partial charge in [-0.1, -0.05) is 18.2 Å². The van der Waals surface area contributed by atoms with E-state index in [4.69, 9.17) is 18.9 Å². The Bertz CT molecular complexity index is 1230. The first-order chi connectivity index (χ1) is 18.0. The lowest BCUT2D eigenvalue weighted by atomic mass is 9.92. The molecule has 0 radical (unpaired) electrons. The predicted octanol–water partition coefficient (Wildman–Crippen LogP) is 4.17. The smallest absolute Gasteiger partial charge is 0.228 e. The molecule has 1 aliphatic rings. The molecule has 0 saturated carbocycles. The van der Waals surface area contributed by atoms with Crippen LogP contribution in [0.5, 0.6) is 23.0 Å². The average Bonchev–Trinajstić information content (AvgIpc) is 3.29. The molecule has 0 bridgehead atoms. The number of hydrogen-bond acceptors (Lipinski definition) is 6. The summed E-state index contributed by atoms with van der Waals surface area (Å²) in [5, 5.41) is 3.04. The molecule has 0 spiro atoms. The molecule has 0 aromatic heterocycles. The van der Waals surface area contributed by atoms with E-state index in [0.29, 0.717) is 41.7 Å². The van der Waals surface area contributed by atoms with E-state index in [-0.39, 0.29) is 18.2 Å². The van der Waals surface area contributed by atoms with Crippen LogP contribution in [0.4, 0.5) is 5.69 Å². The highest BCUT2D eigenvalue weighted by Gasteiger charge is 2.45. The molecule has 1 saturated heterocycles. The molecular weight excluding hydrogens is 472 g/mol. The number of hydrogen-bond donors (Lipinski definition) is 1. The molecule has 2 atom stereocenters. The molecule has 1 heterocycles. The normalized spacial score (nSPS) is 16.9. The Balaban J connectivity index is 1.54. The number of rotatable bonds is 10. The lowest BCUT2D eigenvalue weighted by molar-refractivity contribution is -0.126. The van der Waals surface area contributed by atoms with Crippen LogP contribution in [0.1, 0.15) is 23.6 Å². The molecule has 1 fully saturated rings. The highest BCUT2D eigenvalue weighted by Crippen LogP contribution is 2.42. The Hall–Kier alpha value is -4.20. The standard InChI is InChI=1S/C29H32N2O6/c1-34-22-10-6-20(7-11-22)28-24(18-27(32)31(28)21-8-12-23(35-2)13-9-21)29(33)30-16-15-19-5-14-25(36-3)26(17-19)37-4/h5-14,17,24,28H,15-16,18H2,1-4H3,(H,30,33). The second-order valence-corrected chi connectivity index (χ2v) is 8.72. The zero-order valence-corrected chi connectivity index (χ0v) is 21.5. The SMILES string of the molecule is COc1ccc(C2C(C(=O)NCCc3ccc(OC)c(OC)c3)CC(=O)N2c2ccc(OC)cc2)cc1. The van der Waals surface area contributed by atoms with Crippen LogP contribution in [0.3, 0.4) is 0 Å². The lowest BCUT2D eigenvalue weighted by Crippen LogP contribution is -2.36. The quantitative estimate of drug-likeness (QED) is 0.446. The van der Waals surface area contributed by atoms with Crippen molar-refractivity contribution in [3.05, 3.63) is 77.9 Å². The van der Waals surface area contributed by atoms with Crippen LogP contribution in [-0.2, 0) is 16.0 Å². The number of amides is 2. The number of methoxy groups -OCH3 is 4. The molecule has 0 aliphatic carbocycles. The third-order valence-electron chi connectivity index (χ3n) is 6.63. The van der Waals surface area contributed by atoms with E-state index >= 15 is 0 Å². The van der Waals surface area contributed by atoms with Gasteiger partial charge in [0.15, 0.2) is 11.5 Å². The Kier molecular flexibility index (Phi) is 8.18. The second-order valence-electron chi connectivity index (χ2n) is 8.72. The van der Waals surface area contributed by atoms with Gasteiger partial charge in [-0.25, -0.2) is 0 Å². The summed E-state index contributed by atoms with van der Waals surface area (Å²) in [6.45, 7) is 0.427. The Labute approximate surface area is 217 Å². The van der Waals surface area contributed by atoms with Crippen molar-refractivity contribution in [1.82, 2.24) is 5.32 Å². The van der Waals surface area contributed by atoms with E-state index in [0.717, 1.165) is 11.1 Å². The number of carbonyl (C=O) groups is 2. The zero-order valence-electron chi connectivity index (χ0n) is 21.5. The molecule has 3 aromatic carbocycles. The van der Waals surface area contributed by atoms with Crippen molar-refractivity contribution < 1.29 is 28.5 Å². The highest BCUT2D eigenvalue weighted by atomic mass is 16.5. The Morgan fingerprint density at radius 1 is 0.838 bits per heavy atom. The largest absolute Gasteiger partial charge is 0.497 e. The van der Waals surface area contributed by atoms with E-state index < -0.39 is 12.0 Å². The van der Waals surface area contributed by atoms with Gasteiger partial charge in [0.25, 0.3) is 0 Å². The first-order valence-corrected chi connectivity index (χ1v) is 12.1. The maximum atomic E-state index is 13.4. The summed E-state index contributed by atoms with van der Waals surface area (Å²) in [6, 6.07) is 20.0. The van der Waals surface area contributed by atoms with Crippen LogP contribution in [0.15, 0.2) is 66.7 Å². The Morgan fingerprint density at radius 2 is 1.46 bits per heavy atom. The summed E-state index contributed by atoms with van der Waals surface area (Å²) in [7, 11) is 6.38. The van der Waals surface area contributed by atoms with Gasteiger partial charge in [-0.3, -0.25) is 9.59 Å². The molecule has 3 aromatic rings. The summed E-state index contributed by atoms with van der Waals surface area (Å²) in [5.41, 5.74) is 2.58. The van der Waals surface area contributed by atoms with Crippen LogP contribution in [-0.4, -0.2) is 46.8 Å². The van der Waals surface area contributed by atoms with Crippen LogP contribution in [0.25, 0.3) is 0 Å². The van der Waals surface area contributed by atoms with Crippen molar-refractivity contribution in [1.29, 1.82) is 0 Å². The predicted molar refractivity (Wildman–Crippen MR) is 141 cm³/mol. The summed E-state index contributed by atoms with van der Waals surface area (Å²) in [5.74, 6) is 1.88. The minimum absolute atomic E-state index is 0.106. The van der Waals surface area contributed by atoms with Crippen LogP contribution in [0.2, 0.25) is 0 Å². The van der Waals surface area contributed by atoms with Gasteiger partial charge in [-0.15, -0.1) is 0 Å². The molecule has 37 heavy (non-hydrogen) atoms. The zero-order chi connectivity index (χ0) is 26.4. The average molecular weight is 505 g/mol. The minimum Gasteiger partial charge on any atom is -0.497 e. The van der Waals surface area contributed by atoms with E-state index in [9.17, 15) is 9.59 Å². The molecule has 194 valence electrons. The van der Waals surface area contributed by atoms with Crippen LogP contribution in [0, 0.1) is 5.92 Å². The number of anilines is 1. The van der Waals surface area contributed by atoms with Crippen molar-refractivity contribution in [3.63, 3.8) is 0 Å². The van der Waals surface area contributed by atoms with E-state index in [1.54, 1.807) is 33.3 Å². The Morgan fingerprint density at radius 3 is 2.05 bits per heavy atom. The summed E-state index contributed by atoms with van der Waals surface area (Å²) in [6.07, 6.45) is 0.729. The van der Waals surface area contributed by atoms with Crippen molar-refractivity contribution in [2.24, 2.45) is 5.92 Å². The maximum Gasteiger partial charge on any atom is 0.228 e. The van der Waals surface area contributed by atoms with Gasteiger partial charge < -0.3 is 29.2 Å². The summed E-state index contributed by atoms with van der Waals surface area (Å²) >= 11 is 0. The third kappa shape index (κ3) is 5.63. The van der Waals surface area contributed by atoms with E-state index in [1.807, 2.05) is 66.7 Å². The first-order valence-electron chi connectivity index (χ1n) is 12.1. The van der Waals surface area contributed by atoms with Gasteiger partial charge in [0.2, 0.25) is 11.8 Å². The third-order valence-corrected chi connectivity index (χ3v) is 6.63. The highest BCUT2D eigenvalue weighted by molar-refractivity contribution is 6.01. The second kappa shape index (κ2) is 11.7. The number of ether oxygens (including phenoxy) is 4. The molecule has 1 aliphatic heterocycles. The molecule has 1 N–H and O–H groups in total. The van der Waals surface area contributed by atoms with Crippen molar-refractivity contribution in [2.75, 3.05) is 39.9 Å². The van der Waals surface area contributed by atoms with Gasteiger partial charge in [0.05, 0.1) is 40.4 Å². The molecular formula is C29H32N2O6. The van der Waals surface area contributed by atoms with E-state index in [2.05, 4.69) is 5.32 Å². The molecule has 8 nitrogen and oxygen atoms in total. The number of nitrogens with one attached hydrogen (secondary N) is 1. The minimum atomic E-state index is -0.548. The lowest BCUT2D eigenvalue weighted by Gasteiger charge is -2.28. The van der Waals surface area contributed by atoms with Crippen molar-refractivity contribution in [3.8, 4) is 23.0 Å². The molecule has 4 rings (SSSR count). The number of nitrogens with zero attached hydrogens (tertiary/aromatic N) is 1. The van der Waals surface area contributed by atoms with Gasteiger partial charge in [-0.2, -0.15) is 0 Å². The molecule has 2 unspecified atom stereocenters. The summed E-state index contributed by atoms with van der Waals surface area (Å²) < 4.78 is 21.2. The number of carbonyl (C=O) groups excluding carboxylic acids is 2. The fourth-order valence-corrected chi connectivity index (χ4v) is 4.70. The van der Waals surface area contributed by atoms with Crippen LogP contribution >= 0.6 is 0 Å². The topological polar surface area (TPSA) is 86.3 Å². The fourth-order valence-electron chi connectivity index (χ4n) is 4.70. The van der Waals surface area contributed by atoms with Crippen molar-refractivity contribution >= 4 is 17.5 Å². The fraction of sp³-hybridized carbons (Fsp3) is 0.310. The van der Waals surface area contributed by atoms with Gasteiger partial charge in [-0.05, 0) is 66.1 Å². The monoisotopic (exact) mass is 504 g/mol. The van der Waals surface area contributed by atoms with Crippen LogP contribution < -0.4 is 29.2 Å². The van der Waals surface area contributed by atoms with Gasteiger partial charge >= 0.3 is 0 Å². The van der Waals surface area contributed by atoms with Crippen molar-refractivity contribution in [2.45, 2.75) is 18.9 Å². The maximum absolute atomic E-state index is 13.4.